The summed E-state index contributed by atoms with van der Waals surface area (Å²) >= 11 is 0. The molecule has 0 aromatic carbocycles. The molecule has 0 saturated heterocycles. The summed E-state index contributed by atoms with van der Waals surface area (Å²) in [7, 11) is 1.63. The van der Waals surface area contributed by atoms with Crippen LogP contribution in [0.4, 0.5) is 0 Å². The summed E-state index contributed by atoms with van der Waals surface area (Å²) in [6.07, 6.45) is 0. The quantitative estimate of drug-likeness (QED) is 0.663. The first-order valence-electron chi connectivity index (χ1n) is 4.34. The minimum Gasteiger partial charge on any atom is -0.481 e. The summed E-state index contributed by atoms with van der Waals surface area (Å²) in [4.78, 5) is 23.3. The van der Waals surface area contributed by atoms with Crippen LogP contribution in [-0.4, -0.2) is 35.5 Å². The van der Waals surface area contributed by atoms with Gasteiger partial charge in [-0.25, -0.2) is 0 Å². The molecule has 4 nitrogen and oxygen atoms in total. The first kappa shape index (κ1) is 11.9. The number of carboxylic acid groups (broad SMARTS) is 1. The average Bonchev–Trinajstić information content (AvgIpc) is 2.00. The molecule has 0 aromatic heterocycles. The van der Waals surface area contributed by atoms with Crippen molar-refractivity contribution >= 4 is 11.9 Å². The van der Waals surface area contributed by atoms with Crippen LogP contribution in [0.3, 0.4) is 0 Å². The molecule has 1 unspecified atom stereocenters. The van der Waals surface area contributed by atoms with Gasteiger partial charge in [0.15, 0.2) is 0 Å². The third-order valence-corrected chi connectivity index (χ3v) is 1.76. The highest BCUT2D eigenvalue weighted by Crippen LogP contribution is 2.03. The summed E-state index contributed by atoms with van der Waals surface area (Å²) in [5.41, 5.74) is 0. The van der Waals surface area contributed by atoms with E-state index in [1.54, 1.807) is 7.05 Å². The molecule has 0 fully saturated rings. The van der Waals surface area contributed by atoms with Crippen LogP contribution in [0.1, 0.15) is 20.8 Å². The zero-order chi connectivity index (χ0) is 10.6. The van der Waals surface area contributed by atoms with Gasteiger partial charge >= 0.3 is 5.97 Å². The normalized spacial score (nSPS) is 12.7. The predicted molar refractivity (Wildman–Crippen MR) is 49.3 cm³/mol. The van der Waals surface area contributed by atoms with Crippen molar-refractivity contribution in [1.29, 1.82) is 0 Å². The molecule has 4 heteroatoms. The van der Waals surface area contributed by atoms with Gasteiger partial charge in [-0.05, 0) is 12.8 Å². The maximum atomic E-state index is 11.4. The standard InChI is InChI=1S/C9H17NO3/c1-6(2)5-10(4)8(11)7(3)9(12)13/h6-7H,5H2,1-4H3,(H,12,13). The Labute approximate surface area is 78.5 Å². The molecule has 0 rings (SSSR count). The molecule has 1 N–H and O–H groups in total. The van der Waals surface area contributed by atoms with Crippen LogP contribution in [0.25, 0.3) is 0 Å². The van der Waals surface area contributed by atoms with Crippen LogP contribution in [0.2, 0.25) is 0 Å². The molecule has 0 aliphatic rings. The molecule has 0 radical (unpaired) electrons. The van der Waals surface area contributed by atoms with Crippen LogP contribution in [0.5, 0.6) is 0 Å². The Balaban J connectivity index is 4.17. The Kier molecular flexibility index (Phi) is 4.45. The Morgan fingerprint density at radius 3 is 2.08 bits per heavy atom. The van der Waals surface area contributed by atoms with E-state index >= 15 is 0 Å². The first-order chi connectivity index (χ1) is 5.86. The molecule has 13 heavy (non-hydrogen) atoms. The second kappa shape index (κ2) is 4.84. The van der Waals surface area contributed by atoms with Crippen molar-refractivity contribution in [2.75, 3.05) is 13.6 Å². The maximum absolute atomic E-state index is 11.4. The number of aliphatic carboxylic acids is 1. The number of hydrogen-bond donors (Lipinski definition) is 1. The minimum absolute atomic E-state index is 0.332. The van der Waals surface area contributed by atoms with E-state index in [0.717, 1.165) is 0 Å². The molecule has 1 atom stereocenters. The van der Waals surface area contributed by atoms with Crippen molar-refractivity contribution in [1.82, 2.24) is 4.90 Å². The lowest BCUT2D eigenvalue weighted by molar-refractivity contribution is -0.149. The van der Waals surface area contributed by atoms with Gasteiger partial charge < -0.3 is 10.0 Å². The topological polar surface area (TPSA) is 57.6 Å². The van der Waals surface area contributed by atoms with Gasteiger partial charge in [0.25, 0.3) is 0 Å². The minimum atomic E-state index is -1.07. The van der Waals surface area contributed by atoms with E-state index < -0.39 is 11.9 Å². The van der Waals surface area contributed by atoms with Gasteiger partial charge in [0.05, 0.1) is 0 Å². The number of hydrogen-bond acceptors (Lipinski definition) is 2. The first-order valence-corrected chi connectivity index (χ1v) is 4.34. The fourth-order valence-corrected chi connectivity index (χ4v) is 1.07. The summed E-state index contributed by atoms with van der Waals surface area (Å²) in [6, 6.07) is 0. The molecular weight excluding hydrogens is 170 g/mol. The van der Waals surface area contributed by atoms with Gasteiger partial charge in [-0.15, -0.1) is 0 Å². The molecule has 0 aromatic rings. The highest BCUT2D eigenvalue weighted by Gasteiger charge is 2.23. The van der Waals surface area contributed by atoms with E-state index in [2.05, 4.69) is 0 Å². The van der Waals surface area contributed by atoms with E-state index in [-0.39, 0.29) is 5.91 Å². The number of rotatable bonds is 4. The van der Waals surface area contributed by atoms with Crippen LogP contribution in [0.15, 0.2) is 0 Å². The summed E-state index contributed by atoms with van der Waals surface area (Å²) in [5, 5.41) is 8.59. The number of carbonyl (C=O) groups is 2. The summed E-state index contributed by atoms with van der Waals surface area (Å²) in [5.74, 6) is -1.99. The maximum Gasteiger partial charge on any atom is 0.315 e. The molecule has 0 bridgehead atoms. The predicted octanol–water partition coefficient (Wildman–Crippen LogP) is 0.821. The zero-order valence-electron chi connectivity index (χ0n) is 8.57. The van der Waals surface area contributed by atoms with Crippen molar-refractivity contribution in [2.45, 2.75) is 20.8 Å². The largest absolute Gasteiger partial charge is 0.481 e. The Hall–Kier alpha value is -1.06. The van der Waals surface area contributed by atoms with Crippen LogP contribution < -0.4 is 0 Å². The number of carbonyl (C=O) groups excluding carboxylic acids is 1. The molecule has 1 amide bonds. The number of amides is 1. The van der Waals surface area contributed by atoms with Crippen molar-refractivity contribution in [3.8, 4) is 0 Å². The van der Waals surface area contributed by atoms with Gasteiger partial charge in [0.1, 0.15) is 5.92 Å². The number of carboxylic acids is 1. The molecule has 0 heterocycles. The lowest BCUT2D eigenvalue weighted by Crippen LogP contribution is -2.37. The zero-order valence-corrected chi connectivity index (χ0v) is 8.57. The highest BCUT2D eigenvalue weighted by atomic mass is 16.4. The van der Waals surface area contributed by atoms with Crippen LogP contribution >= 0.6 is 0 Å². The second-order valence-electron chi connectivity index (χ2n) is 3.67. The molecular formula is C9H17NO3. The van der Waals surface area contributed by atoms with Gasteiger partial charge in [0.2, 0.25) is 5.91 Å². The molecule has 0 saturated carbocycles. The Bertz CT molecular complexity index is 201. The average molecular weight is 187 g/mol. The van der Waals surface area contributed by atoms with Gasteiger partial charge in [-0.2, -0.15) is 0 Å². The van der Waals surface area contributed by atoms with Crippen molar-refractivity contribution in [3.63, 3.8) is 0 Å². The van der Waals surface area contributed by atoms with Crippen LogP contribution in [-0.2, 0) is 9.59 Å². The number of nitrogens with zero attached hydrogens (tertiary/aromatic N) is 1. The van der Waals surface area contributed by atoms with Crippen molar-refractivity contribution < 1.29 is 14.7 Å². The lowest BCUT2D eigenvalue weighted by atomic mass is 10.1. The third-order valence-electron chi connectivity index (χ3n) is 1.76. The molecule has 0 aliphatic heterocycles. The Morgan fingerprint density at radius 1 is 1.31 bits per heavy atom. The SMILES string of the molecule is CC(C)CN(C)C(=O)C(C)C(=O)O. The fraction of sp³-hybridized carbons (Fsp3) is 0.778. The van der Waals surface area contributed by atoms with Crippen molar-refractivity contribution in [2.24, 2.45) is 11.8 Å². The van der Waals surface area contributed by atoms with E-state index in [1.165, 1.54) is 11.8 Å². The van der Waals surface area contributed by atoms with E-state index in [4.69, 9.17) is 5.11 Å². The molecule has 76 valence electrons. The summed E-state index contributed by atoms with van der Waals surface area (Å²) in [6.45, 7) is 5.96. The molecule has 0 aliphatic carbocycles. The van der Waals surface area contributed by atoms with Crippen molar-refractivity contribution in [3.05, 3.63) is 0 Å². The van der Waals surface area contributed by atoms with E-state index in [9.17, 15) is 9.59 Å². The third kappa shape index (κ3) is 3.92. The van der Waals surface area contributed by atoms with Gasteiger partial charge in [-0.3, -0.25) is 9.59 Å². The van der Waals surface area contributed by atoms with E-state index in [1.807, 2.05) is 13.8 Å². The Morgan fingerprint density at radius 2 is 1.77 bits per heavy atom. The van der Waals surface area contributed by atoms with Gasteiger partial charge in [-0.1, -0.05) is 13.8 Å². The smallest absolute Gasteiger partial charge is 0.315 e. The lowest BCUT2D eigenvalue weighted by Gasteiger charge is -2.21. The fourth-order valence-electron chi connectivity index (χ4n) is 1.07. The molecule has 0 spiro atoms. The highest BCUT2D eigenvalue weighted by molar-refractivity contribution is 5.96. The second-order valence-corrected chi connectivity index (χ2v) is 3.67. The monoisotopic (exact) mass is 187 g/mol. The van der Waals surface area contributed by atoms with Crippen LogP contribution in [0, 0.1) is 11.8 Å². The summed E-state index contributed by atoms with van der Waals surface area (Å²) < 4.78 is 0. The van der Waals surface area contributed by atoms with Gasteiger partial charge in [0, 0.05) is 13.6 Å². The van der Waals surface area contributed by atoms with E-state index in [0.29, 0.717) is 12.5 Å².